The average Bonchev–Trinajstić information content (AvgIpc) is 2.85. The van der Waals surface area contributed by atoms with Crippen molar-refractivity contribution in [3.8, 4) is 0 Å². The van der Waals surface area contributed by atoms with Gasteiger partial charge in [0.2, 0.25) is 10.0 Å². The number of aliphatic hydroxyl groups excluding tert-OH is 1. The first kappa shape index (κ1) is 15.8. The Hall–Kier alpha value is -1.63. The molecular weight excluding hydrogens is 290 g/mol. The topological polar surface area (TPSA) is 79.5 Å². The lowest BCUT2D eigenvalue weighted by atomic mass is 10.1. The smallest absolute Gasteiger partial charge is 0.241 e. The minimum Gasteiger partial charge on any atom is -0.465 e. The number of aliphatic hydroxyl groups is 1. The zero-order valence-corrected chi connectivity index (χ0v) is 13.0. The van der Waals surface area contributed by atoms with Crippen LogP contribution < -0.4 is 4.72 Å². The molecule has 0 saturated carbocycles. The summed E-state index contributed by atoms with van der Waals surface area (Å²) in [5, 5.41) is 9.44. The Balaban J connectivity index is 2.18. The Kier molecular flexibility index (Phi) is 4.51. The van der Waals surface area contributed by atoms with Gasteiger partial charge in [-0.05, 0) is 50.6 Å². The van der Waals surface area contributed by atoms with Crippen molar-refractivity contribution in [2.24, 2.45) is 0 Å². The summed E-state index contributed by atoms with van der Waals surface area (Å²) in [6, 6.07) is 9.23. The molecule has 0 amide bonds. The molecule has 2 rings (SSSR count). The highest BCUT2D eigenvalue weighted by Crippen LogP contribution is 2.20. The molecule has 0 bridgehead atoms. The van der Waals surface area contributed by atoms with Gasteiger partial charge in [-0.1, -0.05) is 12.1 Å². The van der Waals surface area contributed by atoms with Crippen molar-refractivity contribution in [2.75, 3.05) is 0 Å². The van der Waals surface area contributed by atoms with E-state index in [-0.39, 0.29) is 4.90 Å². The molecule has 2 N–H and O–H groups in total. The van der Waals surface area contributed by atoms with Gasteiger partial charge in [-0.25, -0.2) is 13.1 Å². The number of benzene rings is 1. The van der Waals surface area contributed by atoms with Crippen LogP contribution in [0.25, 0.3) is 0 Å². The summed E-state index contributed by atoms with van der Waals surface area (Å²) in [6.45, 7) is 5.16. The quantitative estimate of drug-likeness (QED) is 0.890. The maximum atomic E-state index is 12.3. The molecule has 0 saturated heterocycles. The first-order chi connectivity index (χ1) is 9.79. The third kappa shape index (κ3) is 3.72. The van der Waals surface area contributed by atoms with E-state index in [4.69, 9.17) is 4.42 Å². The summed E-state index contributed by atoms with van der Waals surface area (Å²) in [7, 11) is -3.63. The van der Waals surface area contributed by atoms with Gasteiger partial charge < -0.3 is 9.52 Å². The fourth-order valence-electron chi connectivity index (χ4n) is 1.97. The van der Waals surface area contributed by atoms with E-state index < -0.39 is 22.2 Å². The lowest BCUT2D eigenvalue weighted by molar-refractivity contribution is 0.199. The largest absolute Gasteiger partial charge is 0.465 e. The van der Waals surface area contributed by atoms with Crippen LogP contribution in [-0.2, 0) is 10.0 Å². The summed E-state index contributed by atoms with van der Waals surface area (Å²) < 4.78 is 32.6. The number of hydrogen-bond donors (Lipinski definition) is 2. The molecule has 0 aliphatic heterocycles. The van der Waals surface area contributed by atoms with Gasteiger partial charge in [0.1, 0.15) is 11.5 Å². The molecule has 6 heteroatoms. The third-order valence-electron chi connectivity index (χ3n) is 3.19. The minimum atomic E-state index is -3.63. The molecule has 2 atom stereocenters. The van der Waals surface area contributed by atoms with E-state index in [1.54, 1.807) is 45.0 Å². The molecule has 21 heavy (non-hydrogen) atoms. The molecule has 1 aromatic heterocycles. The van der Waals surface area contributed by atoms with E-state index in [2.05, 4.69) is 4.72 Å². The number of sulfonamides is 1. The second kappa shape index (κ2) is 6.01. The van der Waals surface area contributed by atoms with Crippen LogP contribution in [0.4, 0.5) is 0 Å². The highest BCUT2D eigenvalue weighted by molar-refractivity contribution is 7.89. The van der Waals surface area contributed by atoms with E-state index in [9.17, 15) is 13.5 Å². The van der Waals surface area contributed by atoms with Gasteiger partial charge in [-0.2, -0.15) is 0 Å². The lowest BCUT2D eigenvalue weighted by Crippen LogP contribution is -2.26. The van der Waals surface area contributed by atoms with Crippen LogP contribution in [0.15, 0.2) is 45.7 Å². The molecule has 114 valence electrons. The first-order valence-electron chi connectivity index (χ1n) is 6.66. The van der Waals surface area contributed by atoms with Gasteiger partial charge >= 0.3 is 0 Å². The summed E-state index contributed by atoms with van der Waals surface area (Å²) in [5.41, 5.74) is 0.670. The molecule has 1 heterocycles. The van der Waals surface area contributed by atoms with Crippen LogP contribution >= 0.6 is 0 Å². The number of nitrogens with one attached hydrogen (secondary N) is 1. The lowest BCUT2D eigenvalue weighted by Gasteiger charge is -2.13. The predicted octanol–water partition coefficient (Wildman–Crippen LogP) is 2.68. The summed E-state index contributed by atoms with van der Waals surface area (Å²) >= 11 is 0. The molecule has 0 fully saturated rings. The minimum absolute atomic E-state index is 0.155. The second-order valence-corrected chi connectivity index (χ2v) is 6.75. The van der Waals surface area contributed by atoms with Gasteiger partial charge in [-0.3, -0.25) is 0 Å². The molecule has 0 aliphatic rings. The molecule has 0 aliphatic carbocycles. The summed E-state index contributed by atoms with van der Waals surface area (Å²) in [4.78, 5) is 0.155. The summed E-state index contributed by atoms with van der Waals surface area (Å²) in [5.74, 6) is 1.30. The molecule has 2 aromatic rings. The fraction of sp³-hybridized carbons (Fsp3) is 0.333. The third-order valence-corrected chi connectivity index (χ3v) is 4.75. The van der Waals surface area contributed by atoms with Gasteiger partial charge in [-0.15, -0.1) is 0 Å². The Morgan fingerprint density at radius 1 is 1.10 bits per heavy atom. The van der Waals surface area contributed by atoms with Crippen LogP contribution in [0.1, 0.15) is 43.1 Å². The highest BCUT2D eigenvalue weighted by Gasteiger charge is 2.20. The highest BCUT2D eigenvalue weighted by atomic mass is 32.2. The molecule has 1 aromatic carbocycles. The molecular formula is C15H19NO4S. The SMILES string of the molecule is Cc1ccc(C(C)NS(=O)(=O)c2ccc(C(C)O)cc2)o1. The fourth-order valence-corrected chi connectivity index (χ4v) is 3.18. The predicted molar refractivity (Wildman–Crippen MR) is 79.3 cm³/mol. The van der Waals surface area contributed by atoms with Gasteiger partial charge in [0.25, 0.3) is 0 Å². The maximum Gasteiger partial charge on any atom is 0.241 e. The number of aryl methyl sites for hydroxylation is 1. The van der Waals surface area contributed by atoms with Crippen LogP contribution in [-0.4, -0.2) is 13.5 Å². The summed E-state index contributed by atoms with van der Waals surface area (Å²) in [6.07, 6.45) is -0.625. The van der Waals surface area contributed by atoms with Gasteiger partial charge in [0.05, 0.1) is 17.0 Å². The van der Waals surface area contributed by atoms with Crippen LogP contribution in [0.3, 0.4) is 0 Å². The van der Waals surface area contributed by atoms with Crippen LogP contribution in [0.2, 0.25) is 0 Å². The number of furan rings is 1. The van der Waals surface area contributed by atoms with Crippen molar-refractivity contribution in [1.29, 1.82) is 0 Å². The second-order valence-electron chi connectivity index (χ2n) is 5.04. The molecule has 5 nitrogen and oxygen atoms in total. The average molecular weight is 309 g/mol. The normalized spacial score (nSPS) is 14.9. The monoisotopic (exact) mass is 309 g/mol. The Bertz CT molecular complexity index is 702. The van der Waals surface area contributed by atoms with Crippen molar-refractivity contribution < 1.29 is 17.9 Å². The van der Waals surface area contributed by atoms with Crippen molar-refractivity contribution in [2.45, 2.75) is 37.8 Å². The Labute approximate surface area is 124 Å². The molecule has 2 unspecified atom stereocenters. The first-order valence-corrected chi connectivity index (χ1v) is 8.14. The Morgan fingerprint density at radius 3 is 2.19 bits per heavy atom. The molecule has 0 radical (unpaired) electrons. The van der Waals surface area contributed by atoms with Crippen molar-refractivity contribution in [1.82, 2.24) is 4.72 Å². The van der Waals surface area contributed by atoms with Crippen molar-refractivity contribution >= 4 is 10.0 Å². The van der Waals surface area contributed by atoms with Crippen molar-refractivity contribution in [3.63, 3.8) is 0 Å². The zero-order valence-electron chi connectivity index (χ0n) is 12.2. The number of rotatable bonds is 5. The van der Waals surface area contributed by atoms with Gasteiger partial charge in [0, 0.05) is 0 Å². The standard InChI is InChI=1S/C15H19NO4S/c1-10-4-9-15(20-10)11(2)16-21(18,19)14-7-5-13(6-8-14)12(3)17/h4-9,11-12,16-17H,1-3H3. The number of hydrogen-bond acceptors (Lipinski definition) is 4. The van der Waals surface area contributed by atoms with E-state index in [1.807, 2.05) is 0 Å². The Morgan fingerprint density at radius 2 is 1.71 bits per heavy atom. The van der Waals surface area contributed by atoms with E-state index in [0.717, 1.165) is 5.76 Å². The maximum absolute atomic E-state index is 12.3. The van der Waals surface area contributed by atoms with Crippen LogP contribution in [0.5, 0.6) is 0 Å². The van der Waals surface area contributed by atoms with E-state index in [0.29, 0.717) is 11.3 Å². The van der Waals surface area contributed by atoms with E-state index >= 15 is 0 Å². The van der Waals surface area contributed by atoms with Crippen LogP contribution in [0, 0.1) is 6.92 Å². The van der Waals surface area contributed by atoms with Crippen molar-refractivity contribution in [3.05, 3.63) is 53.5 Å². The van der Waals surface area contributed by atoms with E-state index in [1.165, 1.54) is 12.1 Å². The zero-order chi connectivity index (χ0) is 15.6. The molecule has 0 spiro atoms. The van der Waals surface area contributed by atoms with Gasteiger partial charge in [0.15, 0.2) is 0 Å².